The molecule has 3 aromatic heterocycles. The van der Waals surface area contributed by atoms with Gasteiger partial charge in [-0.2, -0.15) is 5.10 Å². The minimum absolute atomic E-state index is 0.0190. The monoisotopic (exact) mass is 552 g/mol. The second-order valence-corrected chi connectivity index (χ2v) is 12.1. The average Bonchev–Trinajstić information content (AvgIpc) is 3.56. The predicted octanol–water partition coefficient (Wildman–Crippen LogP) is 4.05. The molecular weight excluding hydrogens is 533 g/mol. The molecular formula is C24H20N6O4S3. The van der Waals surface area contributed by atoms with Gasteiger partial charge in [0, 0.05) is 24.3 Å². The number of benzene rings is 2. The van der Waals surface area contributed by atoms with Gasteiger partial charge in [0.1, 0.15) is 10.6 Å². The summed E-state index contributed by atoms with van der Waals surface area (Å²) < 4.78 is 58.4. The standard InChI is InChI=1S/C24H20N6O4S3/c31-36(32,29-24-25-13-5-14-26-24)20-11-9-19(10-12-20)28-37(33,34)22-17-30(16-18-6-2-1-3-7-18)27-23(22)21-8-4-15-35-21/h1-15,17,28H,16H2,(H,25,26,29). The van der Waals surface area contributed by atoms with E-state index in [1.165, 1.54) is 54.2 Å². The largest absolute Gasteiger partial charge is 0.280 e. The molecule has 2 N–H and O–H groups in total. The average molecular weight is 553 g/mol. The fourth-order valence-corrected chi connectivity index (χ4v) is 6.45. The van der Waals surface area contributed by atoms with Crippen molar-refractivity contribution in [1.82, 2.24) is 19.7 Å². The SMILES string of the molecule is O=S(=O)(Nc1ncccn1)c1ccc(NS(=O)(=O)c2cn(Cc3ccccc3)nc2-c2cccs2)cc1. The second-order valence-electron chi connectivity index (χ2n) is 7.81. The molecule has 0 aliphatic rings. The van der Waals surface area contributed by atoms with E-state index in [1.54, 1.807) is 10.7 Å². The van der Waals surface area contributed by atoms with Crippen LogP contribution in [0.4, 0.5) is 11.6 Å². The van der Waals surface area contributed by atoms with Crippen molar-refractivity contribution in [2.24, 2.45) is 0 Å². The summed E-state index contributed by atoms with van der Waals surface area (Å²) in [7, 11) is -8.00. The van der Waals surface area contributed by atoms with E-state index in [-0.39, 0.29) is 21.4 Å². The molecule has 5 rings (SSSR count). The molecule has 2 aromatic carbocycles. The van der Waals surface area contributed by atoms with Crippen molar-refractivity contribution < 1.29 is 16.8 Å². The highest BCUT2D eigenvalue weighted by molar-refractivity contribution is 7.93. The summed E-state index contributed by atoms with van der Waals surface area (Å²) in [5.41, 5.74) is 1.51. The van der Waals surface area contributed by atoms with Gasteiger partial charge in [-0.1, -0.05) is 36.4 Å². The van der Waals surface area contributed by atoms with Gasteiger partial charge in [-0.15, -0.1) is 11.3 Å². The van der Waals surface area contributed by atoms with Crippen LogP contribution in [0.25, 0.3) is 10.6 Å². The quantitative estimate of drug-likeness (QED) is 0.282. The van der Waals surface area contributed by atoms with E-state index in [2.05, 4.69) is 24.5 Å². The maximum absolute atomic E-state index is 13.4. The summed E-state index contributed by atoms with van der Waals surface area (Å²) in [6.07, 6.45) is 4.32. The molecule has 0 spiro atoms. The number of sulfonamides is 2. The van der Waals surface area contributed by atoms with Crippen LogP contribution in [0.15, 0.2) is 107 Å². The van der Waals surface area contributed by atoms with Crippen LogP contribution < -0.4 is 9.44 Å². The molecule has 0 saturated carbocycles. The highest BCUT2D eigenvalue weighted by atomic mass is 32.2. The van der Waals surface area contributed by atoms with Crippen molar-refractivity contribution in [3.63, 3.8) is 0 Å². The number of hydrogen-bond acceptors (Lipinski definition) is 8. The van der Waals surface area contributed by atoms with Crippen molar-refractivity contribution in [2.75, 3.05) is 9.44 Å². The maximum Gasteiger partial charge on any atom is 0.265 e. The van der Waals surface area contributed by atoms with Crippen LogP contribution in [-0.2, 0) is 26.6 Å². The van der Waals surface area contributed by atoms with Crippen LogP contribution in [0.1, 0.15) is 5.56 Å². The molecule has 10 nitrogen and oxygen atoms in total. The minimum atomic E-state index is -4.05. The van der Waals surface area contributed by atoms with Crippen LogP contribution in [0.3, 0.4) is 0 Å². The fourth-order valence-electron chi connectivity index (χ4n) is 3.48. The zero-order chi connectivity index (χ0) is 25.9. The Morgan fingerprint density at radius 2 is 1.51 bits per heavy atom. The number of nitrogens with zero attached hydrogens (tertiary/aromatic N) is 4. The van der Waals surface area contributed by atoms with E-state index in [1.807, 2.05) is 47.8 Å². The Bertz CT molecular complexity index is 1700. The first kappa shape index (κ1) is 24.6. The molecule has 0 unspecified atom stereocenters. The van der Waals surface area contributed by atoms with Gasteiger partial charge in [0.05, 0.1) is 16.3 Å². The lowest BCUT2D eigenvalue weighted by Gasteiger charge is -2.09. The predicted molar refractivity (Wildman–Crippen MR) is 141 cm³/mol. The molecule has 0 aliphatic heterocycles. The van der Waals surface area contributed by atoms with Crippen molar-refractivity contribution in [3.8, 4) is 10.6 Å². The second kappa shape index (κ2) is 10.1. The molecule has 0 saturated heterocycles. The van der Waals surface area contributed by atoms with Crippen molar-refractivity contribution in [3.05, 3.63) is 102 Å². The lowest BCUT2D eigenvalue weighted by atomic mass is 10.2. The van der Waals surface area contributed by atoms with Crippen LogP contribution in [0, 0.1) is 0 Å². The first-order chi connectivity index (χ1) is 17.8. The van der Waals surface area contributed by atoms with E-state index >= 15 is 0 Å². The zero-order valence-corrected chi connectivity index (χ0v) is 21.5. The van der Waals surface area contributed by atoms with Gasteiger partial charge in [-0.25, -0.2) is 31.5 Å². The zero-order valence-electron chi connectivity index (χ0n) is 19.1. The van der Waals surface area contributed by atoms with Gasteiger partial charge in [-0.05, 0) is 47.3 Å². The van der Waals surface area contributed by atoms with Gasteiger partial charge in [0.15, 0.2) is 0 Å². The maximum atomic E-state index is 13.4. The Labute approximate surface area is 217 Å². The van der Waals surface area contributed by atoms with E-state index in [4.69, 9.17) is 0 Å². The van der Waals surface area contributed by atoms with E-state index in [0.29, 0.717) is 17.1 Å². The third kappa shape index (κ3) is 5.69. The van der Waals surface area contributed by atoms with Gasteiger partial charge in [0.25, 0.3) is 20.0 Å². The fraction of sp³-hybridized carbons (Fsp3) is 0.0417. The van der Waals surface area contributed by atoms with Gasteiger partial charge < -0.3 is 0 Å². The number of thiophene rings is 1. The summed E-state index contributed by atoms with van der Waals surface area (Å²) in [6.45, 7) is 0.402. The normalized spacial score (nSPS) is 11.8. The van der Waals surface area contributed by atoms with Crippen LogP contribution in [-0.4, -0.2) is 36.6 Å². The number of hydrogen-bond donors (Lipinski definition) is 2. The highest BCUT2D eigenvalue weighted by Crippen LogP contribution is 2.31. The van der Waals surface area contributed by atoms with Crippen LogP contribution in [0.2, 0.25) is 0 Å². The first-order valence-corrected chi connectivity index (χ1v) is 14.7. The molecule has 0 fully saturated rings. The Morgan fingerprint density at radius 3 is 2.19 bits per heavy atom. The molecule has 37 heavy (non-hydrogen) atoms. The Hall–Kier alpha value is -4.07. The minimum Gasteiger partial charge on any atom is -0.280 e. The molecule has 5 aromatic rings. The molecule has 0 bridgehead atoms. The van der Waals surface area contributed by atoms with Gasteiger partial charge in [-0.3, -0.25) is 9.40 Å². The highest BCUT2D eigenvalue weighted by Gasteiger charge is 2.25. The topological polar surface area (TPSA) is 136 Å². The van der Waals surface area contributed by atoms with Crippen molar-refractivity contribution in [1.29, 1.82) is 0 Å². The van der Waals surface area contributed by atoms with E-state index in [9.17, 15) is 16.8 Å². The van der Waals surface area contributed by atoms with Crippen molar-refractivity contribution >= 4 is 43.0 Å². The number of nitrogens with one attached hydrogen (secondary N) is 2. The van der Waals surface area contributed by atoms with Crippen LogP contribution >= 0.6 is 11.3 Å². The van der Waals surface area contributed by atoms with Crippen molar-refractivity contribution in [2.45, 2.75) is 16.3 Å². The molecule has 188 valence electrons. The van der Waals surface area contributed by atoms with E-state index < -0.39 is 20.0 Å². The molecule has 3 heterocycles. The molecule has 0 aliphatic carbocycles. The lowest BCUT2D eigenvalue weighted by molar-refractivity contribution is 0.599. The molecule has 0 atom stereocenters. The Balaban J connectivity index is 1.40. The summed E-state index contributed by atoms with van der Waals surface area (Å²) in [5.74, 6) is -0.0686. The smallest absolute Gasteiger partial charge is 0.265 e. The summed E-state index contributed by atoms with van der Waals surface area (Å²) in [4.78, 5) is 8.35. The molecule has 0 radical (unpaired) electrons. The van der Waals surface area contributed by atoms with E-state index in [0.717, 1.165) is 5.56 Å². The summed E-state index contributed by atoms with van der Waals surface area (Å²) in [6, 6.07) is 20.1. The number of anilines is 2. The first-order valence-electron chi connectivity index (χ1n) is 10.9. The molecule has 0 amide bonds. The third-order valence-electron chi connectivity index (χ3n) is 5.17. The van der Waals surface area contributed by atoms with Gasteiger partial charge >= 0.3 is 0 Å². The Kier molecular flexibility index (Phi) is 6.74. The number of aromatic nitrogens is 4. The summed E-state index contributed by atoms with van der Waals surface area (Å²) >= 11 is 1.39. The molecule has 13 heteroatoms. The Morgan fingerprint density at radius 1 is 0.784 bits per heavy atom. The lowest BCUT2D eigenvalue weighted by Crippen LogP contribution is -2.16. The van der Waals surface area contributed by atoms with Gasteiger partial charge in [0.2, 0.25) is 5.95 Å². The van der Waals surface area contributed by atoms with Crippen LogP contribution in [0.5, 0.6) is 0 Å². The third-order valence-corrected chi connectivity index (χ3v) is 8.77. The summed E-state index contributed by atoms with van der Waals surface area (Å²) in [5, 5.41) is 6.40. The number of rotatable bonds is 9.